The first-order valence-electron chi connectivity index (χ1n) is 3.97. The highest BCUT2D eigenvalue weighted by Gasteiger charge is 1.90. The molecule has 2 atom stereocenters. The average Bonchev–Trinajstić information content (AvgIpc) is 1.89. The van der Waals surface area contributed by atoms with Gasteiger partial charge in [-0.15, -0.1) is 0 Å². The van der Waals surface area contributed by atoms with Gasteiger partial charge in [0.15, 0.2) is 0 Å². The Labute approximate surface area is 69.9 Å². The molecule has 0 spiro atoms. The SMILES string of the molecule is CCC/S(C)=S(\C)CCC. The van der Waals surface area contributed by atoms with Crippen LogP contribution < -0.4 is 0 Å². The van der Waals surface area contributed by atoms with Gasteiger partial charge in [-0.05, 0) is 36.9 Å². The van der Waals surface area contributed by atoms with E-state index in [1.807, 2.05) is 0 Å². The van der Waals surface area contributed by atoms with Crippen LogP contribution in [-0.4, -0.2) is 24.0 Å². The summed E-state index contributed by atoms with van der Waals surface area (Å²) in [4.78, 5) is 0. The lowest BCUT2D eigenvalue weighted by molar-refractivity contribution is 1.10. The smallest absolute Gasteiger partial charge is 0.00729 e. The van der Waals surface area contributed by atoms with Crippen LogP contribution in [0.4, 0.5) is 0 Å². The minimum Gasteiger partial charge on any atom is -0.165 e. The van der Waals surface area contributed by atoms with Gasteiger partial charge in [0, 0.05) is 0 Å². The largest absolute Gasteiger partial charge is 0.165 e. The van der Waals surface area contributed by atoms with E-state index < -0.39 is 0 Å². The van der Waals surface area contributed by atoms with E-state index in [0.717, 1.165) is 0 Å². The van der Waals surface area contributed by atoms with E-state index in [4.69, 9.17) is 0 Å². The van der Waals surface area contributed by atoms with Crippen molar-refractivity contribution >= 4 is 18.9 Å². The Hall–Kier alpha value is 0.700. The molecule has 10 heavy (non-hydrogen) atoms. The van der Waals surface area contributed by atoms with Crippen LogP contribution in [0.15, 0.2) is 0 Å². The van der Waals surface area contributed by atoms with Crippen LogP contribution in [0.2, 0.25) is 0 Å². The van der Waals surface area contributed by atoms with Gasteiger partial charge >= 0.3 is 0 Å². The van der Waals surface area contributed by atoms with Crippen LogP contribution in [0, 0.1) is 0 Å². The lowest BCUT2D eigenvalue weighted by atomic mass is 10.6. The monoisotopic (exact) mass is 180 g/mol. The van der Waals surface area contributed by atoms with Gasteiger partial charge < -0.3 is 0 Å². The third-order valence-corrected chi connectivity index (χ3v) is 8.32. The molecule has 0 aromatic heterocycles. The fourth-order valence-electron chi connectivity index (χ4n) is 0.859. The van der Waals surface area contributed by atoms with Crippen LogP contribution in [0.1, 0.15) is 26.7 Å². The molecule has 64 valence electrons. The second-order valence-electron chi connectivity index (χ2n) is 2.55. The van der Waals surface area contributed by atoms with Crippen molar-refractivity contribution in [1.29, 1.82) is 0 Å². The van der Waals surface area contributed by atoms with Crippen molar-refractivity contribution in [2.45, 2.75) is 26.7 Å². The fraction of sp³-hybridized carbons (Fsp3) is 1.00. The van der Waals surface area contributed by atoms with Gasteiger partial charge in [-0.3, -0.25) is 0 Å². The Morgan fingerprint density at radius 2 is 1.10 bits per heavy atom. The predicted octanol–water partition coefficient (Wildman–Crippen LogP) is 2.22. The molecule has 0 rings (SSSR count). The molecule has 0 saturated carbocycles. The first-order chi connectivity index (χ1) is 4.72. The summed E-state index contributed by atoms with van der Waals surface area (Å²) in [5.74, 6) is 2.89. The fourth-order valence-corrected chi connectivity index (χ4v) is 5.29. The normalized spacial score (nSPS) is 16.8. The molecule has 0 aliphatic heterocycles. The van der Waals surface area contributed by atoms with Gasteiger partial charge in [-0.25, -0.2) is 0 Å². The lowest BCUT2D eigenvalue weighted by Gasteiger charge is -2.07. The Kier molecular flexibility index (Phi) is 6.86. The topological polar surface area (TPSA) is 0 Å². The summed E-state index contributed by atoms with van der Waals surface area (Å²) >= 11 is 0. The van der Waals surface area contributed by atoms with E-state index in [1.54, 1.807) is 0 Å². The molecule has 2 heteroatoms. The molecule has 0 N–H and O–H groups in total. The van der Waals surface area contributed by atoms with E-state index in [-0.39, 0.29) is 0 Å². The molecule has 0 aromatic rings. The minimum absolute atomic E-state index is 0.713. The maximum absolute atomic E-state index is 2.42. The number of hydrogen-bond acceptors (Lipinski definition) is 0. The van der Waals surface area contributed by atoms with Crippen molar-refractivity contribution < 1.29 is 0 Å². The first-order valence-corrected chi connectivity index (χ1v) is 8.10. The van der Waals surface area contributed by atoms with Gasteiger partial charge in [0.25, 0.3) is 0 Å². The highest BCUT2D eigenvalue weighted by Crippen LogP contribution is 1.94. The zero-order valence-electron chi connectivity index (χ0n) is 7.64. The van der Waals surface area contributed by atoms with E-state index >= 15 is 0 Å². The van der Waals surface area contributed by atoms with E-state index in [0.29, 0.717) is 18.9 Å². The molecular formula is C8H20S2. The van der Waals surface area contributed by atoms with Crippen LogP contribution in [-0.2, 0) is 18.9 Å². The number of rotatable bonds is 4. The van der Waals surface area contributed by atoms with Crippen molar-refractivity contribution in [3.8, 4) is 0 Å². The minimum atomic E-state index is 0.713. The third kappa shape index (κ3) is 4.51. The maximum Gasteiger partial charge on any atom is -0.00729 e. The standard InChI is InChI=1S/C8H20S2/c1-5-7-9(3)10(4)8-6-2/h5-8H2,1-4H3. The van der Waals surface area contributed by atoms with Crippen LogP contribution >= 0.6 is 0 Å². The van der Waals surface area contributed by atoms with Gasteiger partial charge in [0.05, 0.1) is 0 Å². The van der Waals surface area contributed by atoms with Crippen molar-refractivity contribution in [2.75, 3.05) is 24.0 Å². The maximum atomic E-state index is 2.42. The van der Waals surface area contributed by atoms with Crippen molar-refractivity contribution in [2.24, 2.45) is 0 Å². The molecule has 0 amide bonds. The summed E-state index contributed by atoms with van der Waals surface area (Å²) in [5.41, 5.74) is 0. The van der Waals surface area contributed by atoms with Crippen LogP contribution in [0.25, 0.3) is 0 Å². The molecule has 0 radical (unpaired) electrons. The highest BCUT2D eigenvalue weighted by atomic mass is 32.9. The third-order valence-electron chi connectivity index (χ3n) is 1.47. The zero-order valence-corrected chi connectivity index (χ0v) is 9.28. The van der Waals surface area contributed by atoms with Crippen molar-refractivity contribution in [1.82, 2.24) is 0 Å². The summed E-state index contributed by atoms with van der Waals surface area (Å²) < 4.78 is 0. The number of hydrogen-bond donors (Lipinski definition) is 0. The Bertz CT molecular complexity index is 102. The predicted molar refractivity (Wildman–Crippen MR) is 56.9 cm³/mol. The second kappa shape index (κ2) is 6.41. The summed E-state index contributed by atoms with van der Waals surface area (Å²) in [5, 5.41) is 0. The van der Waals surface area contributed by atoms with Crippen LogP contribution in [0.5, 0.6) is 0 Å². The quantitative estimate of drug-likeness (QED) is 0.622. The molecule has 0 fully saturated rings. The molecule has 0 aliphatic rings. The Balaban J connectivity index is 3.79. The Morgan fingerprint density at radius 1 is 0.800 bits per heavy atom. The summed E-state index contributed by atoms with van der Waals surface area (Å²) in [6.45, 7) is 4.57. The average molecular weight is 180 g/mol. The van der Waals surface area contributed by atoms with Crippen molar-refractivity contribution in [3.05, 3.63) is 0 Å². The van der Waals surface area contributed by atoms with Gasteiger partial charge in [-0.1, -0.05) is 13.8 Å². The molecule has 0 saturated heterocycles. The van der Waals surface area contributed by atoms with Crippen LogP contribution in [0.3, 0.4) is 0 Å². The van der Waals surface area contributed by atoms with E-state index in [2.05, 4.69) is 26.4 Å². The molecule has 0 nitrogen and oxygen atoms in total. The molecule has 0 aliphatic carbocycles. The summed E-state index contributed by atoms with van der Waals surface area (Å²) in [6, 6.07) is 0. The van der Waals surface area contributed by atoms with Crippen molar-refractivity contribution in [3.63, 3.8) is 0 Å². The molecular weight excluding hydrogens is 160 g/mol. The van der Waals surface area contributed by atoms with Gasteiger partial charge in [0.1, 0.15) is 0 Å². The van der Waals surface area contributed by atoms with Gasteiger partial charge in [0.2, 0.25) is 0 Å². The van der Waals surface area contributed by atoms with E-state index in [9.17, 15) is 0 Å². The molecule has 2 unspecified atom stereocenters. The van der Waals surface area contributed by atoms with Gasteiger partial charge in [-0.2, -0.15) is 18.9 Å². The lowest BCUT2D eigenvalue weighted by Crippen LogP contribution is -2.04. The molecule has 0 heterocycles. The Morgan fingerprint density at radius 3 is 1.30 bits per heavy atom. The summed E-state index contributed by atoms with van der Waals surface area (Å²) in [7, 11) is 1.43. The second-order valence-corrected chi connectivity index (χ2v) is 9.08. The summed E-state index contributed by atoms with van der Waals surface area (Å²) in [6.07, 6.45) is 7.56. The zero-order chi connectivity index (χ0) is 7.98. The molecule has 0 aromatic carbocycles. The first kappa shape index (κ1) is 10.7. The van der Waals surface area contributed by atoms with E-state index in [1.165, 1.54) is 24.3 Å². The highest BCUT2D eigenvalue weighted by molar-refractivity contribution is 8.43. The molecule has 0 bridgehead atoms.